The first kappa shape index (κ1) is 17.9. The first-order valence-electron chi connectivity index (χ1n) is 8.82. The quantitative estimate of drug-likeness (QED) is 0.427. The lowest BCUT2D eigenvalue weighted by molar-refractivity contribution is -0.171. The third-order valence-electron chi connectivity index (χ3n) is 5.95. The summed E-state index contributed by atoms with van der Waals surface area (Å²) in [6.45, 7) is 1.78. The minimum absolute atomic E-state index is 0. The van der Waals surface area contributed by atoms with E-state index in [-0.39, 0.29) is 24.0 Å². The van der Waals surface area contributed by atoms with Gasteiger partial charge in [-0.1, -0.05) is 12.5 Å². The zero-order valence-electron chi connectivity index (χ0n) is 14.2. The van der Waals surface area contributed by atoms with Crippen molar-refractivity contribution in [2.75, 3.05) is 20.2 Å². The highest BCUT2D eigenvalue weighted by atomic mass is 127. The van der Waals surface area contributed by atoms with Crippen LogP contribution in [0.2, 0.25) is 0 Å². The van der Waals surface area contributed by atoms with Crippen molar-refractivity contribution in [2.45, 2.75) is 44.2 Å². The minimum Gasteiger partial charge on any atom is -0.377 e. The van der Waals surface area contributed by atoms with Gasteiger partial charge in [0.25, 0.3) is 0 Å². The van der Waals surface area contributed by atoms with E-state index in [1.165, 1.54) is 25.7 Å². The molecule has 132 valence electrons. The monoisotopic (exact) mass is 442 g/mol. The third kappa shape index (κ3) is 3.03. The predicted molar refractivity (Wildman–Crippen MR) is 106 cm³/mol. The smallest absolute Gasteiger partial charge is 0.191 e. The van der Waals surface area contributed by atoms with Crippen LogP contribution in [-0.2, 0) is 11.2 Å². The molecule has 1 spiro atoms. The minimum atomic E-state index is 0. The van der Waals surface area contributed by atoms with E-state index < -0.39 is 0 Å². The lowest BCUT2D eigenvalue weighted by Gasteiger charge is -2.63. The zero-order chi connectivity index (χ0) is 15.7. The molecule has 0 radical (unpaired) electrons. The van der Waals surface area contributed by atoms with Crippen molar-refractivity contribution in [3.05, 3.63) is 30.1 Å². The van der Waals surface area contributed by atoms with Gasteiger partial charge in [0, 0.05) is 55.9 Å². The van der Waals surface area contributed by atoms with Crippen molar-refractivity contribution in [2.24, 2.45) is 16.3 Å². The van der Waals surface area contributed by atoms with E-state index in [0.717, 1.165) is 31.2 Å². The molecule has 3 fully saturated rings. The number of pyridine rings is 1. The molecule has 5 nitrogen and oxygen atoms in total. The molecule has 1 aromatic rings. The molecule has 0 aromatic carbocycles. The molecule has 0 amide bonds. The molecule has 2 aliphatic carbocycles. The number of hydrogen-bond acceptors (Lipinski definition) is 3. The maximum Gasteiger partial charge on any atom is 0.191 e. The van der Waals surface area contributed by atoms with Crippen molar-refractivity contribution in [3.63, 3.8) is 0 Å². The molecule has 2 heterocycles. The number of aliphatic imine (C=N–C) groups is 1. The largest absolute Gasteiger partial charge is 0.377 e. The SMILES string of the molecule is CN=C(NCCc1ccccn1)NC1C2CCOC2C12CCC2.I. The van der Waals surface area contributed by atoms with E-state index in [0.29, 0.717) is 23.5 Å². The molecule has 3 aliphatic rings. The van der Waals surface area contributed by atoms with Crippen molar-refractivity contribution in [1.82, 2.24) is 15.6 Å². The van der Waals surface area contributed by atoms with E-state index in [9.17, 15) is 0 Å². The lowest BCUT2D eigenvalue weighted by Crippen LogP contribution is -2.72. The van der Waals surface area contributed by atoms with Gasteiger partial charge >= 0.3 is 0 Å². The molecule has 1 saturated heterocycles. The van der Waals surface area contributed by atoms with E-state index in [2.05, 4.69) is 26.7 Å². The summed E-state index contributed by atoms with van der Waals surface area (Å²) < 4.78 is 5.99. The second-order valence-electron chi connectivity index (χ2n) is 7.02. The number of halogens is 1. The fraction of sp³-hybridized carbons (Fsp3) is 0.667. The van der Waals surface area contributed by atoms with Crippen LogP contribution in [0.4, 0.5) is 0 Å². The summed E-state index contributed by atoms with van der Waals surface area (Å²) in [5.74, 6) is 1.59. The first-order valence-corrected chi connectivity index (χ1v) is 8.82. The molecular weight excluding hydrogens is 415 g/mol. The average Bonchev–Trinajstić information content (AvgIpc) is 2.95. The maximum atomic E-state index is 5.99. The van der Waals surface area contributed by atoms with Crippen LogP contribution in [-0.4, -0.2) is 43.3 Å². The van der Waals surface area contributed by atoms with Crippen molar-refractivity contribution in [3.8, 4) is 0 Å². The molecular formula is C18H27IN4O. The Morgan fingerprint density at radius 1 is 1.42 bits per heavy atom. The van der Waals surface area contributed by atoms with Gasteiger partial charge in [-0.15, -0.1) is 24.0 Å². The second kappa shape index (κ2) is 7.56. The number of ether oxygens (including phenoxy) is 1. The van der Waals surface area contributed by atoms with Crippen LogP contribution in [0, 0.1) is 11.3 Å². The maximum absolute atomic E-state index is 5.99. The van der Waals surface area contributed by atoms with Gasteiger partial charge in [-0.3, -0.25) is 9.98 Å². The molecule has 3 unspecified atom stereocenters. The molecule has 1 aromatic heterocycles. The van der Waals surface area contributed by atoms with Crippen LogP contribution in [0.1, 0.15) is 31.4 Å². The standard InChI is InChI=1S/C18H26N4O.HI/c1-19-17(21-11-6-13-5-2-3-10-20-13)22-15-14-7-12-23-16(14)18(15)8-4-9-18;/h2-3,5,10,14-16H,4,6-9,11-12H2,1H3,(H2,19,21,22);1H. The molecule has 2 N–H and O–H groups in total. The Morgan fingerprint density at radius 3 is 2.96 bits per heavy atom. The van der Waals surface area contributed by atoms with E-state index in [1.807, 2.05) is 25.4 Å². The van der Waals surface area contributed by atoms with Crippen LogP contribution in [0.3, 0.4) is 0 Å². The van der Waals surface area contributed by atoms with Crippen molar-refractivity contribution in [1.29, 1.82) is 0 Å². The lowest BCUT2D eigenvalue weighted by atomic mass is 9.46. The van der Waals surface area contributed by atoms with Gasteiger partial charge in [-0.2, -0.15) is 0 Å². The van der Waals surface area contributed by atoms with Gasteiger partial charge in [-0.25, -0.2) is 0 Å². The number of nitrogens with zero attached hydrogens (tertiary/aromatic N) is 2. The van der Waals surface area contributed by atoms with Gasteiger partial charge in [0.15, 0.2) is 5.96 Å². The molecule has 24 heavy (non-hydrogen) atoms. The molecule has 2 saturated carbocycles. The highest BCUT2D eigenvalue weighted by Gasteiger charge is 2.66. The Morgan fingerprint density at radius 2 is 2.29 bits per heavy atom. The Balaban J connectivity index is 0.00000169. The molecule has 0 bridgehead atoms. The van der Waals surface area contributed by atoms with Crippen LogP contribution in [0.25, 0.3) is 0 Å². The Kier molecular flexibility index (Phi) is 5.64. The number of guanidine groups is 1. The van der Waals surface area contributed by atoms with Crippen LogP contribution in [0.5, 0.6) is 0 Å². The molecule has 4 rings (SSSR count). The summed E-state index contributed by atoms with van der Waals surface area (Å²) in [4.78, 5) is 8.77. The number of hydrogen-bond donors (Lipinski definition) is 2. The van der Waals surface area contributed by atoms with Gasteiger partial charge < -0.3 is 15.4 Å². The summed E-state index contributed by atoms with van der Waals surface area (Å²) in [7, 11) is 1.85. The highest BCUT2D eigenvalue weighted by Crippen LogP contribution is 2.62. The summed E-state index contributed by atoms with van der Waals surface area (Å²) in [6, 6.07) is 6.58. The third-order valence-corrected chi connectivity index (χ3v) is 5.95. The first-order chi connectivity index (χ1) is 11.3. The molecule has 6 heteroatoms. The zero-order valence-corrected chi connectivity index (χ0v) is 16.5. The molecule has 3 atom stereocenters. The van der Waals surface area contributed by atoms with Crippen LogP contribution in [0.15, 0.2) is 29.4 Å². The predicted octanol–water partition coefficient (Wildman–Crippen LogP) is 2.36. The summed E-state index contributed by atoms with van der Waals surface area (Å²) in [5, 5.41) is 7.13. The van der Waals surface area contributed by atoms with E-state index in [4.69, 9.17) is 4.74 Å². The Bertz CT molecular complexity index is 576. The topological polar surface area (TPSA) is 58.5 Å². The van der Waals surface area contributed by atoms with Gasteiger partial charge in [0.2, 0.25) is 0 Å². The highest BCUT2D eigenvalue weighted by molar-refractivity contribution is 14.0. The fourth-order valence-corrected chi connectivity index (χ4v) is 4.65. The van der Waals surface area contributed by atoms with Crippen LogP contribution < -0.4 is 10.6 Å². The van der Waals surface area contributed by atoms with Crippen molar-refractivity contribution < 1.29 is 4.74 Å². The summed E-state index contributed by atoms with van der Waals surface area (Å²) in [5.41, 5.74) is 1.50. The van der Waals surface area contributed by atoms with Gasteiger partial charge in [0.05, 0.1) is 6.10 Å². The number of fused-ring (bicyclic) bond motifs is 2. The van der Waals surface area contributed by atoms with Crippen LogP contribution >= 0.6 is 24.0 Å². The Hall–Kier alpha value is -0.890. The second-order valence-corrected chi connectivity index (χ2v) is 7.02. The number of aromatic nitrogens is 1. The number of rotatable bonds is 4. The summed E-state index contributed by atoms with van der Waals surface area (Å²) in [6.07, 6.45) is 8.39. The van der Waals surface area contributed by atoms with E-state index in [1.54, 1.807) is 0 Å². The normalized spacial score (nSPS) is 29.9. The van der Waals surface area contributed by atoms with E-state index >= 15 is 0 Å². The average molecular weight is 442 g/mol. The van der Waals surface area contributed by atoms with Gasteiger partial charge in [-0.05, 0) is 31.4 Å². The van der Waals surface area contributed by atoms with Gasteiger partial charge in [0.1, 0.15) is 0 Å². The number of nitrogens with one attached hydrogen (secondary N) is 2. The fourth-order valence-electron chi connectivity index (χ4n) is 4.65. The summed E-state index contributed by atoms with van der Waals surface area (Å²) >= 11 is 0. The van der Waals surface area contributed by atoms with Crippen molar-refractivity contribution >= 4 is 29.9 Å². The molecule has 1 aliphatic heterocycles. The Labute approximate surface area is 161 Å².